The van der Waals surface area contributed by atoms with Crippen molar-refractivity contribution in [3.8, 4) is 16.9 Å². The topological polar surface area (TPSA) is 99.8 Å². The number of rotatable bonds is 7. The van der Waals surface area contributed by atoms with Gasteiger partial charge in [-0.2, -0.15) is 0 Å². The van der Waals surface area contributed by atoms with Crippen molar-refractivity contribution >= 4 is 40.3 Å². The van der Waals surface area contributed by atoms with Crippen LogP contribution in [0.2, 0.25) is 5.02 Å². The fourth-order valence-electron chi connectivity index (χ4n) is 5.21. The van der Waals surface area contributed by atoms with Crippen molar-refractivity contribution in [2.45, 2.75) is 38.8 Å². The third kappa shape index (κ3) is 6.79. The average molecular weight is 590 g/mol. The van der Waals surface area contributed by atoms with Crippen molar-refractivity contribution in [3.63, 3.8) is 0 Å². The number of fused-ring (bicyclic) bond motifs is 1. The average Bonchev–Trinajstić information content (AvgIpc) is 3.45. The summed E-state index contributed by atoms with van der Waals surface area (Å²) in [6, 6.07) is 16.5. The minimum Gasteiger partial charge on any atom is -0.497 e. The molecule has 1 aliphatic rings. The van der Waals surface area contributed by atoms with E-state index in [2.05, 4.69) is 20.2 Å². The van der Waals surface area contributed by atoms with Crippen LogP contribution in [0.1, 0.15) is 26.3 Å². The second-order valence-corrected chi connectivity index (χ2v) is 11.8. The number of aromatic nitrogens is 2. The van der Waals surface area contributed by atoms with Gasteiger partial charge in [0.1, 0.15) is 23.0 Å². The molecule has 1 atom stereocenters. The van der Waals surface area contributed by atoms with Crippen LogP contribution in [0.4, 0.5) is 10.5 Å². The van der Waals surface area contributed by atoms with Gasteiger partial charge in [-0.1, -0.05) is 35.9 Å². The molecule has 0 spiro atoms. The van der Waals surface area contributed by atoms with Crippen molar-refractivity contribution in [2.24, 2.45) is 0 Å². The van der Waals surface area contributed by atoms with Gasteiger partial charge in [0.15, 0.2) is 0 Å². The zero-order valence-corrected chi connectivity index (χ0v) is 25.1. The standard InChI is InChI=1S/C32H36ClN5O4/c1-32(2,3)42-31(40)36-27(18-21-8-10-23(33)11-9-21)30(39)38-16-14-37(15-17-38)28-25-12-13-34-29(25)35-20-26(28)22-6-5-7-24(19-22)41-4/h5-13,19-20,27H,14-18H2,1-4H3,(H,34,35)(H,36,40)/t27-/m1/s1. The van der Waals surface area contributed by atoms with Crippen LogP contribution in [0.15, 0.2) is 67.0 Å². The Morgan fingerprint density at radius 1 is 1.07 bits per heavy atom. The molecule has 2 aromatic heterocycles. The van der Waals surface area contributed by atoms with Crippen molar-refractivity contribution in [3.05, 3.63) is 77.6 Å². The van der Waals surface area contributed by atoms with E-state index in [9.17, 15) is 9.59 Å². The first-order valence-electron chi connectivity index (χ1n) is 14.0. The molecule has 3 heterocycles. The molecule has 0 radical (unpaired) electrons. The lowest BCUT2D eigenvalue weighted by Crippen LogP contribution is -2.56. The van der Waals surface area contributed by atoms with E-state index in [-0.39, 0.29) is 5.91 Å². The summed E-state index contributed by atoms with van der Waals surface area (Å²) >= 11 is 6.07. The number of hydrogen-bond donors (Lipinski definition) is 2. The van der Waals surface area contributed by atoms with Crippen LogP contribution >= 0.6 is 11.6 Å². The molecule has 2 amide bonds. The molecule has 9 nitrogen and oxygen atoms in total. The Bertz CT molecular complexity index is 1560. The zero-order valence-electron chi connectivity index (χ0n) is 24.3. The minimum atomic E-state index is -0.780. The highest BCUT2D eigenvalue weighted by molar-refractivity contribution is 6.30. The van der Waals surface area contributed by atoms with Gasteiger partial charge < -0.3 is 29.6 Å². The van der Waals surface area contributed by atoms with Crippen LogP contribution in [0.3, 0.4) is 0 Å². The second kappa shape index (κ2) is 12.3. The molecule has 2 aromatic carbocycles. The van der Waals surface area contributed by atoms with Crippen molar-refractivity contribution in [1.29, 1.82) is 0 Å². The predicted molar refractivity (Wildman–Crippen MR) is 165 cm³/mol. The second-order valence-electron chi connectivity index (χ2n) is 11.3. The summed E-state index contributed by atoms with van der Waals surface area (Å²) in [6.45, 7) is 7.61. The maximum absolute atomic E-state index is 13.8. The molecule has 5 rings (SSSR count). The van der Waals surface area contributed by atoms with E-state index in [4.69, 9.17) is 21.1 Å². The van der Waals surface area contributed by atoms with Gasteiger partial charge in [0.05, 0.1) is 12.8 Å². The molecule has 2 N–H and O–H groups in total. The molecule has 1 aliphatic heterocycles. The summed E-state index contributed by atoms with van der Waals surface area (Å²) < 4.78 is 10.9. The number of alkyl carbamates (subject to hydrolysis) is 1. The van der Waals surface area contributed by atoms with Gasteiger partial charge in [-0.15, -0.1) is 0 Å². The molecule has 4 aromatic rings. The Kier molecular flexibility index (Phi) is 8.59. The maximum atomic E-state index is 13.8. The molecular formula is C32H36ClN5O4. The lowest BCUT2D eigenvalue weighted by Gasteiger charge is -2.38. The summed E-state index contributed by atoms with van der Waals surface area (Å²) in [4.78, 5) is 38.5. The number of hydrogen-bond acceptors (Lipinski definition) is 6. The summed E-state index contributed by atoms with van der Waals surface area (Å²) in [7, 11) is 1.65. The Morgan fingerprint density at radius 3 is 2.50 bits per heavy atom. The number of nitrogens with zero attached hydrogens (tertiary/aromatic N) is 3. The van der Waals surface area contributed by atoms with Gasteiger partial charge in [-0.3, -0.25) is 4.79 Å². The molecule has 0 saturated carbocycles. The monoisotopic (exact) mass is 589 g/mol. The molecule has 1 fully saturated rings. The molecule has 42 heavy (non-hydrogen) atoms. The number of piperazine rings is 1. The number of anilines is 1. The third-order valence-corrected chi connectivity index (χ3v) is 7.44. The highest BCUT2D eigenvalue weighted by atomic mass is 35.5. The Balaban J connectivity index is 1.36. The molecule has 10 heteroatoms. The van der Waals surface area contributed by atoms with E-state index in [1.165, 1.54) is 0 Å². The van der Waals surface area contributed by atoms with Gasteiger partial charge in [0.25, 0.3) is 0 Å². The van der Waals surface area contributed by atoms with E-state index >= 15 is 0 Å². The number of aromatic amines is 1. The van der Waals surface area contributed by atoms with E-state index in [0.717, 1.165) is 39.2 Å². The molecular weight excluding hydrogens is 554 g/mol. The van der Waals surface area contributed by atoms with Crippen LogP contribution in [0.5, 0.6) is 5.75 Å². The molecule has 0 unspecified atom stereocenters. The Hall–Kier alpha value is -4.24. The largest absolute Gasteiger partial charge is 0.497 e. The highest BCUT2D eigenvalue weighted by Gasteiger charge is 2.31. The van der Waals surface area contributed by atoms with Crippen LogP contribution < -0.4 is 15.0 Å². The summed E-state index contributed by atoms with van der Waals surface area (Å²) in [5.41, 5.74) is 4.07. The molecule has 0 bridgehead atoms. The number of methoxy groups -OCH3 is 1. The first-order valence-corrected chi connectivity index (χ1v) is 14.4. The van der Waals surface area contributed by atoms with E-state index < -0.39 is 17.7 Å². The Morgan fingerprint density at radius 2 is 1.81 bits per heavy atom. The van der Waals surface area contributed by atoms with Crippen LogP contribution in [-0.2, 0) is 16.0 Å². The molecule has 220 valence electrons. The smallest absolute Gasteiger partial charge is 0.408 e. The number of benzene rings is 2. The third-order valence-electron chi connectivity index (χ3n) is 7.19. The summed E-state index contributed by atoms with van der Waals surface area (Å²) in [5.74, 6) is 0.622. The number of H-pyrrole nitrogens is 1. The van der Waals surface area contributed by atoms with E-state index in [0.29, 0.717) is 37.6 Å². The van der Waals surface area contributed by atoms with Crippen molar-refractivity contribution < 1.29 is 19.1 Å². The Labute approximate surface area is 250 Å². The number of pyridine rings is 1. The predicted octanol–water partition coefficient (Wildman–Crippen LogP) is 5.68. The lowest BCUT2D eigenvalue weighted by molar-refractivity contribution is -0.133. The first kappa shape index (κ1) is 29.3. The first-order chi connectivity index (χ1) is 20.1. The van der Waals surface area contributed by atoms with Crippen molar-refractivity contribution in [1.82, 2.24) is 20.2 Å². The van der Waals surface area contributed by atoms with Crippen LogP contribution in [0, 0.1) is 0 Å². The van der Waals surface area contributed by atoms with Crippen molar-refractivity contribution in [2.75, 3.05) is 38.2 Å². The fourth-order valence-corrected chi connectivity index (χ4v) is 5.34. The van der Waals surface area contributed by atoms with Crippen LogP contribution in [-0.4, -0.2) is 71.8 Å². The van der Waals surface area contributed by atoms with E-state index in [1.807, 2.05) is 59.8 Å². The van der Waals surface area contributed by atoms with Gasteiger partial charge in [-0.05, 0) is 62.2 Å². The summed E-state index contributed by atoms with van der Waals surface area (Å²) in [6.07, 6.45) is 3.47. The maximum Gasteiger partial charge on any atom is 0.408 e. The normalized spacial score (nSPS) is 14.5. The number of ether oxygens (including phenoxy) is 2. The number of carbonyl (C=O) groups excluding carboxylic acids is 2. The SMILES string of the molecule is COc1cccc(-c2cnc3[nH]ccc3c2N2CCN(C(=O)[C@@H](Cc3ccc(Cl)cc3)NC(=O)OC(C)(C)C)CC2)c1. The van der Waals surface area contributed by atoms with Gasteiger partial charge in [0, 0.05) is 61.0 Å². The highest BCUT2D eigenvalue weighted by Crippen LogP contribution is 2.38. The zero-order chi connectivity index (χ0) is 29.9. The minimum absolute atomic E-state index is 0.148. The fraction of sp³-hybridized carbons (Fsp3) is 0.344. The van der Waals surface area contributed by atoms with Gasteiger partial charge in [-0.25, -0.2) is 9.78 Å². The number of nitrogens with one attached hydrogen (secondary N) is 2. The number of halogens is 1. The molecule has 1 saturated heterocycles. The quantitative estimate of drug-likeness (QED) is 0.288. The lowest BCUT2D eigenvalue weighted by atomic mass is 10.0. The van der Waals surface area contributed by atoms with Gasteiger partial charge >= 0.3 is 6.09 Å². The summed E-state index contributed by atoms with van der Waals surface area (Å²) in [5, 5.41) is 4.44. The number of amides is 2. The number of carbonyl (C=O) groups is 2. The van der Waals surface area contributed by atoms with Gasteiger partial charge in [0.2, 0.25) is 5.91 Å². The van der Waals surface area contributed by atoms with Crippen LogP contribution in [0.25, 0.3) is 22.2 Å². The molecule has 0 aliphatic carbocycles. The van der Waals surface area contributed by atoms with E-state index in [1.54, 1.807) is 40.0 Å².